The number of carbonyl (C=O) groups is 1. The zero-order valence-electron chi connectivity index (χ0n) is 47.8. The highest BCUT2D eigenvalue weighted by Gasteiger charge is 2.48. The summed E-state index contributed by atoms with van der Waals surface area (Å²) in [5, 5.41) is 8.99. The first-order chi connectivity index (χ1) is 40.5. The van der Waals surface area contributed by atoms with Crippen molar-refractivity contribution in [1.82, 2.24) is 0 Å². The van der Waals surface area contributed by atoms with E-state index in [1.54, 1.807) is 62.3 Å². The maximum atomic E-state index is 13.0. The lowest BCUT2D eigenvalue weighted by Gasteiger charge is -2.35. The lowest BCUT2D eigenvalue weighted by molar-refractivity contribution is -0.137. The molecule has 0 spiro atoms. The Labute approximate surface area is 506 Å². The van der Waals surface area contributed by atoms with Crippen molar-refractivity contribution in [3.05, 3.63) is 95.7 Å². The molecule has 4 aromatic rings. The predicted octanol–water partition coefficient (Wildman–Crippen LogP) is 5.89. The quantitative estimate of drug-likeness (QED) is 0.0158. The van der Waals surface area contributed by atoms with Gasteiger partial charge >= 0.3 is 5.97 Å². The smallest absolute Gasteiger partial charge is 0.303 e. The van der Waals surface area contributed by atoms with Gasteiger partial charge in [-0.1, -0.05) is 49.8 Å². The molecule has 484 valence electrons. The Morgan fingerprint density at radius 1 is 0.529 bits per heavy atom. The van der Waals surface area contributed by atoms with Crippen molar-refractivity contribution >= 4 is 99.6 Å². The molecule has 0 radical (unpaired) electrons. The molecule has 2 heterocycles. The monoisotopic (exact) mass is 1340 g/mol. The maximum Gasteiger partial charge on any atom is 0.303 e. The largest absolute Gasteiger partial charge is 0.481 e. The molecule has 4 aromatic carbocycles. The van der Waals surface area contributed by atoms with E-state index in [2.05, 4.69) is 0 Å². The SMILES string of the molecule is COCCOCCOCCOCCOCCC1(C)\C(=C/C=C/C=C/C2N(CCCS(=O)(=O)O)c3ccc4c(S(=O)(=O)O)cc(S(=O)(=O)O)cc4c3C2(C)CCCS(=O)(=O)O)N(CCCCCC(=O)O)c2ccc3c(S(=O)(=O)O)cc(S(=O)(=O)O)cc3c21. The number of fused-ring (bicyclic) bond motifs is 6. The van der Waals surface area contributed by atoms with E-state index in [0.717, 1.165) is 12.1 Å². The molecule has 0 saturated heterocycles. The first kappa shape index (κ1) is 71.0. The first-order valence-corrected chi connectivity index (χ1v) is 36.1. The van der Waals surface area contributed by atoms with Crippen molar-refractivity contribution in [1.29, 1.82) is 0 Å². The molecule has 7 N–H and O–H groups in total. The number of aliphatic carboxylic acids is 1. The van der Waals surface area contributed by atoms with Crippen LogP contribution in [0.4, 0.5) is 11.4 Å². The fraction of sp³-hybridized carbons (Fsp3) is 0.500. The van der Waals surface area contributed by atoms with Crippen LogP contribution in [-0.4, -0.2) is 186 Å². The third-order valence-corrected chi connectivity index (χ3v) is 20.1. The zero-order chi connectivity index (χ0) is 64.4. The van der Waals surface area contributed by atoms with Gasteiger partial charge < -0.3 is 38.6 Å². The Morgan fingerprint density at radius 2 is 1.02 bits per heavy atom. The van der Waals surface area contributed by atoms with Crippen molar-refractivity contribution in [2.45, 2.75) is 102 Å². The van der Waals surface area contributed by atoms with Crippen LogP contribution in [0.2, 0.25) is 0 Å². The molecule has 33 heteroatoms. The second kappa shape index (κ2) is 29.3. The van der Waals surface area contributed by atoms with Crippen LogP contribution in [-0.2, 0) is 100 Å². The minimum absolute atomic E-state index is 0.0134. The molecule has 2 aliphatic heterocycles. The van der Waals surface area contributed by atoms with Gasteiger partial charge in [0.2, 0.25) is 0 Å². The topological polar surface area (TPSA) is 416 Å². The van der Waals surface area contributed by atoms with Crippen LogP contribution in [0.15, 0.2) is 104 Å². The van der Waals surface area contributed by atoms with Gasteiger partial charge in [0.15, 0.2) is 0 Å². The number of anilines is 2. The number of unbranched alkanes of at least 4 members (excludes halogenated alkanes) is 2. The highest BCUT2D eigenvalue weighted by atomic mass is 32.2. The van der Waals surface area contributed by atoms with E-state index in [1.807, 2.05) is 4.90 Å². The van der Waals surface area contributed by atoms with Crippen molar-refractivity contribution in [2.75, 3.05) is 101 Å². The van der Waals surface area contributed by atoms with Gasteiger partial charge in [0.25, 0.3) is 60.7 Å². The van der Waals surface area contributed by atoms with Crippen molar-refractivity contribution in [3.8, 4) is 0 Å². The van der Waals surface area contributed by atoms with E-state index >= 15 is 0 Å². The molecule has 0 saturated carbocycles. The number of hydrogen-bond acceptors (Lipinski definition) is 20. The van der Waals surface area contributed by atoms with Gasteiger partial charge in [-0.15, -0.1) is 0 Å². The number of carboxylic acid groups (broad SMARTS) is 1. The summed E-state index contributed by atoms with van der Waals surface area (Å²) in [6.07, 6.45) is 8.58. The Hall–Kier alpha value is -5.05. The molecule has 6 rings (SSSR count). The van der Waals surface area contributed by atoms with E-state index in [1.165, 1.54) is 18.2 Å². The normalized spacial score (nSPS) is 19.2. The van der Waals surface area contributed by atoms with Gasteiger partial charge in [-0.05, 0) is 110 Å². The van der Waals surface area contributed by atoms with Gasteiger partial charge in [0.05, 0.1) is 80.2 Å². The lowest BCUT2D eigenvalue weighted by Crippen LogP contribution is -2.43. The highest BCUT2D eigenvalue weighted by Crippen LogP contribution is 2.55. The number of benzene rings is 4. The van der Waals surface area contributed by atoms with Gasteiger partial charge in [-0.3, -0.25) is 32.1 Å². The van der Waals surface area contributed by atoms with Crippen molar-refractivity contribution < 1.29 is 111 Å². The summed E-state index contributed by atoms with van der Waals surface area (Å²) >= 11 is 0. The number of rotatable bonds is 36. The van der Waals surface area contributed by atoms with Crippen LogP contribution >= 0.6 is 0 Å². The minimum atomic E-state index is -5.21. The average Bonchev–Trinajstić information content (AvgIpc) is 1.61. The summed E-state index contributed by atoms with van der Waals surface area (Å²) < 4.78 is 239. The second-order valence-corrected chi connectivity index (χ2v) is 29.9. The number of nitrogens with zero attached hydrogens (tertiary/aromatic N) is 2. The van der Waals surface area contributed by atoms with E-state index in [-0.39, 0.29) is 111 Å². The predicted molar refractivity (Wildman–Crippen MR) is 319 cm³/mol. The molecule has 87 heavy (non-hydrogen) atoms. The summed E-state index contributed by atoms with van der Waals surface area (Å²) in [7, 11) is -28.2. The summed E-state index contributed by atoms with van der Waals surface area (Å²) in [6, 6.07) is 7.93. The average molecular weight is 1340 g/mol. The van der Waals surface area contributed by atoms with E-state index in [0.29, 0.717) is 74.8 Å². The van der Waals surface area contributed by atoms with Crippen molar-refractivity contribution in [3.63, 3.8) is 0 Å². The van der Waals surface area contributed by atoms with Crippen molar-refractivity contribution in [2.24, 2.45) is 0 Å². The standard InChI is InChI=1S/C54H72N2O25S6/c1-53(19-10-32-82(59,60)61)48(56(22-11-33-83(62,63)64)44-17-15-40-42(51(44)53)34-38(84(65,66)67)36-46(40)86(71,72)73)12-6-4-7-13-49-54(2,20-23-78-26-27-80-30-31-81-29-28-79-25-24-77-3)52-43-35-39(85(68,69)70)37-47(87(74,75)76)41(43)16-18-45(52)55(49)21-9-5-8-14-50(57)58/h4,6-7,12-13,15-18,34-37,48H,5,8-11,14,19-33H2,1-3H3,(H,57,58)(H,59,60,61)(H,62,63,64)(H,65,66,67)(H,68,69,70)(H,71,72,73)(H,74,75,76)/b7-4+,12-6+,49-13+. The molecule has 2 aliphatic rings. The molecule has 0 amide bonds. The van der Waals surface area contributed by atoms with E-state index in [9.17, 15) is 87.7 Å². The van der Waals surface area contributed by atoms with Crippen LogP contribution < -0.4 is 9.80 Å². The third kappa shape index (κ3) is 18.5. The summed E-state index contributed by atoms with van der Waals surface area (Å²) in [6.45, 7) is 5.81. The van der Waals surface area contributed by atoms with Crippen LogP contribution in [0.1, 0.15) is 76.3 Å². The molecule has 0 fully saturated rings. The van der Waals surface area contributed by atoms with E-state index < -0.39 is 115 Å². The Bertz CT molecular complexity index is 3970. The fourth-order valence-electron chi connectivity index (χ4n) is 11.2. The molecule has 3 unspecified atom stereocenters. The number of carboxylic acids is 1. The highest BCUT2D eigenvalue weighted by molar-refractivity contribution is 7.87. The van der Waals surface area contributed by atoms with Gasteiger partial charge in [-0.25, -0.2) is 0 Å². The Balaban J connectivity index is 1.48. The number of ether oxygens (including phenoxy) is 5. The Kier molecular flexibility index (Phi) is 23.9. The van der Waals surface area contributed by atoms with E-state index in [4.69, 9.17) is 23.7 Å². The number of allylic oxidation sites excluding steroid dienone is 5. The molecule has 0 aromatic heterocycles. The lowest BCUT2D eigenvalue weighted by atomic mass is 9.73. The van der Waals surface area contributed by atoms with Gasteiger partial charge in [0, 0.05) is 71.9 Å². The second-order valence-electron chi connectivity index (χ2n) is 21.1. The maximum absolute atomic E-state index is 13.0. The minimum Gasteiger partial charge on any atom is -0.481 e. The molecule has 27 nitrogen and oxygen atoms in total. The summed E-state index contributed by atoms with van der Waals surface area (Å²) in [5.41, 5.74) is -0.899. The third-order valence-electron chi connectivity index (χ3n) is 15.1. The number of hydrogen-bond donors (Lipinski definition) is 7. The molecule has 0 bridgehead atoms. The number of methoxy groups -OCH3 is 1. The van der Waals surface area contributed by atoms with Gasteiger partial charge in [-0.2, -0.15) is 50.5 Å². The molecular formula is C54H72N2O25S6. The zero-order valence-corrected chi connectivity index (χ0v) is 52.7. The molecule has 3 atom stereocenters. The van der Waals surface area contributed by atoms with Crippen LogP contribution in [0.25, 0.3) is 21.5 Å². The first-order valence-electron chi connectivity index (χ1n) is 27.2. The summed E-state index contributed by atoms with van der Waals surface area (Å²) in [5.74, 6) is -2.52. The molecule has 0 aliphatic carbocycles. The summed E-state index contributed by atoms with van der Waals surface area (Å²) in [4.78, 5) is 11.5. The molecular weight excluding hydrogens is 1270 g/mol. The Morgan fingerprint density at radius 3 is 1.52 bits per heavy atom. The van der Waals surface area contributed by atoms with Crippen LogP contribution in [0.5, 0.6) is 0 Å². The van der Waals surface area contributed by atoms with Gasteiger partial charge in [0.1, 0.15) is 9.79 Å². The fourth-order valence-corrected chi connectivity index (χ4v) is 14.9. The van der Waals surface area contributed by atoms with Crippen LogP contribution in [0.3, 0.4) is 0 Å². The van der Waals surface area contributed by atoms with Crippen LogP contribution in [0, 0.1) is 0 Å².